The number of nitrogens with zero attached hydrogens (tertiary/aromatic N) is 3. The van der Waals surface area contributed by atoms with Crippen molar-refractivity contribution in [3.05, 3.63) is 10.1 Å². The molecule has 1 aliphatic heterocycles. The summed E-state index contributed by atoms with van der Waals surface area (Å²) in [6.07, 6.45) is -1.76. The summed E-state index contributed by atoms with van der Waals surface area (Å²) >= 11 is 0. The van der Waals surface area contributed by atoms with Crippen LogP contribution in [0.5, 0.6) is 0 Å². The molecule has 0 bridgehead atoms. The lowest BCUT2D eigenvalue weighted by molar-refractivity contribution is -0.568. The van der Waals surface area contributed by atoms with E-state index in [0.717, 1.165) is 18.9 Å². The predicted molar refractivity (Wildman–Crippen MR) is 47.3 cm³/mol. The molecule has 1 heterocycles. The number of rotatable bonds is 1. The quantitative estimate of drug-likeness (QED) is 0.441. The van der Waals surface area contributed by atoms with Gasteiger partial charge in [-0.15, -0.1) is 0 Å². The highest BCUT2D eigenvalue weighted by Gasteiger charge is 2.61. The van der Waals surface area contributed by atoms with Crippen LogP contribution in [0.1, 0.15) is 6.92 Å². The van der Waals surface area contributed by atoms with Gasteiger partial charge in [0.05, 0.1) is 0 Å². The van der Waals surface area contributed by atoms with Crippen LogP contribution < -0.4 is 0 Å². The molecule has 1 N–H and O–H groups in total. The number of hydrogen-bond donors (Lipinski definition) is 1. The van der Waals surface area contributed by atoms with Crippen molar-refractivity contribution in [1.82, 2.24) is 9.80 Å². The molecule has 0 unspecified atom stereocenters. The summed E-state index contributed by atoms with van der Waals surface area (Å²) in [5, 5.41) is 20.3. The third-order valence-corrected chi connectivity index (χ3v) is 2.58. The minimum atomic E-state index is -2.21. The summed E-state index contributed by atoms with van der Waals surface area (Å²) in [5.74, 6) is -1.02. The molecule has 1 aliphatic rings. The van der Waals surface area contributed by atoms with Gasteiger partial charge in [-0.3, -0.25) is 24.7 Å². The second kappa shape index (κ2) is 3.16. The Labute approximate surface area is 85.2 Å². The lowest BCUT2D eigenvalue weighted by atomic mass is 9.96. The maximum atomic E-state index is 11.5. The normalized spacial score (nSPS) is 32.1. The molecule has 0 aromatic heterocycles. The number of carbonyl (C=O) groups is 2. The van der Waals surface area contributed by atoms with Crippen molar-refractivity contribution in [2.45, 2.75) is 18.7 Å². The standard InChI is InChI=1S/C7H11N3O5/c1-7(10(14)15)4(11)8(2)6(13)9(3)5(7)12/h4,11H,1-3H3/t4-,7-/m0/s1. The monoisotopic (exact) mass is 217 g/mol. The second-order valence-corrected chi connectivity index (χ2v) is 3.54. The third-order valence-electron chi connectivity index (χ3n) is 2.58. The lowest BCUT2D eigenvalue weighted by Gasteiger charge is -2.39. The first kappa shape index (κ1) is 11.4. The van der Waals surface area contributed by atoms with E-state index in [2.05, 4.69) is 0 Å². The first-order chi connectivity index (χ1) is 6.74. The molecule has 0 saturated carbocycles. The third kappa shape index (κ3) is 1.25. The van der Waals surface area contributed by atoms with Crippen molar-refractivity contribution in [3.8, 4) is 0 Å². The first-order valence-corrected chi connectivity index (χ1v) is 4.12. The molecule has 3 amide bonds. The van der Waals surface area contributed by atoms with Crippen LogP contribution >= 0.6 is 0 Å². The summed E-state index contributed by atoms with van der Waals surface area (Å²) in [4.78, 5) is 34.1. The maximum absolute atomic E-state index is 11.5. The molecule has 0 aliphatic carbocycles. The van der Waals surface area contributed by atoms with E-state index in [1.165, 1.54) is 7.05 Å². The SMILES string of the molecule is CN1C(=O)N(C)[C@@H](O)[C@](C)([N+](=O)[O-])C1=O. The van der Waals surface area contributed by atoms with Gasteiger partial charge in [-0.1, -0.05) is 0 Å². The zero-order chi connectivity index (χ0) is 12.0. The number of likely N-dealkylation sites (N-methyl/N-ethyl adjacent to an activating group) is 2. The fraction of sp³-hybridized carbons (Fsp3) is 0.714. The molecular weight excluding hydrogens is 206 g/mol. The van der Waals surface area contributed by atoms with Crippen LogP contribution in [0.2, 0.25) is 0 Å². The van der Waals surface area contributed by atoms with Crippen LogP contribution in [0.25, 0.3) is 0 Å². The smallest absolute Gasteiger partial charge is 0.340 e. The number of amides is 3. The summed E-state index contributed by atoms with van der Waals surface area (Å²) in [5.41, 5.74) is -2.21. The van der Waals surface area contributed by atoms with Gasteiger partial charge in [0.1, 0.15) is 0 Å². The van der Waals surface area contributed by atoms with Crippen molar-refractivity contribution >= 4 is 11.9 Å². The fourth-order valence-electron chi connectivity index (χ4n) is 1.43. The molecule has 0 aromatic rings. The minimum absolute atomic E-state index is 0.621. The van der Waals surface area contributed by atoms with E-state index in [1.54, 1.807) is 0 Å². The second-order valence-electron chi connectivity index (χ2n) is 3.54. The fourth-order valence-corrected chi connectivity index (χ4v) is 1.43. The van der Waals surface area contributed by atoms with Crippen LogP contribution in [0.15, 0.2) is 0 Å². The van der Waals surface area contributed by atoms with Gasteiger partial charge >= 0.3 is 17.5 Å². The average Bonchev–Trinajstić information content (AvgIpc) is 2.20. The number of carbonyl (C=O) groups excluding carboxylic acids is 2. The van der Waals surface area contributed by atoms with E-state index in [1.807, 2.05) is 0 Å². The van der Waals surface area contributed by atoms with Crippen LogP contribution in [0.4, 0.5) is 4.79 Å². The molecule has 84 valence electrons. The van der Waals surface area contributed by atoms with Gasteiger partial charge in [-0.2, -0.15) is 0 Å². The summed E-state index contributed by atoms with van der Waals surface area (Å²) < 4.78 is 0. The minimum Gasteiger partial charge on any atom is -0.367 e. The Balaban J connectivity index is 3.24. The summed E-state index contributed by atoms with van der Waals surface area (Å²) in [7, 11) is 2.33. The van der Waals surface area contributed by atoms with E-state index in [4.69, 9.17) is 0 Å². The molecular formula is C7H11N3O5. The Hall–Kier alpha value is -1.70. The number of imide groups is 1. The maximum Gasteiger partial charge on any atom is 0.340 e. The van der Waals surface area contributed by atoms with E-state index < -0.39 is 28.6 Å². The van der Waals surface area contributed by atoms with Crippen molar-refractivity contribution in [1.29, 1.82) is 0 Å². The highest BCUT2D eigenvalue weighted by Crippen LogP contribution is 2.25. The number of hydrogen-bond acceptors (Lipinski definition) is 5. The van der Waals surface area contributed by atoms with E-state index in [-0.39, 0.29) is 0 Å². The van der Waals surface area contributed by atoms with Gasteiger partial charge in [0, 0.05) is 25.9 Å². The van der Waals surface area contributed by atoms with Crippen molar-refractivity contribution in [2.75, 3.05) is 14.1 Å². The zero-order valence-electron chi connectivity index (χ0n) is 8.50. The highest BCUT2D eigenvalue weighted by atomic mass is 16.6. The first-order valence-electron chi connectivity index (χ1n) is 4.12. The van der Waals surface area contributed by atoms with Crippen LogP contribution in [0.3, 0.4) is 0 Å². The number of aliphatic hydroxyl groups excluding tert-OH is 1. The molecule has 0 spiro atoms. The van der Waals surface area contributed by atoms with E-state index >= 15 is 0 Å². The van der Waals surface area contributed by atoms with Gasteiger partial charge in [0.25, 0.3) is 0 Å². The largest absolute Gasteiger partial charge is 0.367 e. The molecule has 2 atom stereocenters. The van der Waals surface area contributed by atoms with Crippen molar-refractivity contribution in [2.24, 2.45) is 0 Å². The molecule has 1 rings (SSSR count). The molecule has 8 heteroatoms. The Kier molecular flexibility index (Phi) is 2.40. The Morgan fingerprint density at radius 2 is 1.93 bits per heavy atom. The van der Waals surface area contributed by atoms with Crippen molar-refractivity contribution < 1.29 is 19.6 Å². The Morgan fingerprint density at radius 1 is 1.47 bits per heavy atom. The number of urea groups is 1. The topological polar surface area (TPSA) is 104 Å². The van der Waals surface area contributed by atoms with Crippen molar-refractivity contribution in [3.63, 3.8) is 0 Å². The molecule has 0 radical (unpaired) electrons. The van der Waals surface area contributed by atoms with Gasteiger partial charge in [0.2, 0.25) is 6.23 Å². The zero-order valence-corrected chi connectivity index (χ0v) is 8.50. The Morgan fingerprint density at radius 3 is 2.33 bits per heavy atom. The average molecular weight is 217 g/mol. The van der Waals surface area contributed by atoms with Gasteiger partial charge in [0.15, 0.2) is 0 Å². The van der Waals surface area contributed by atoms with Crippen LogP contribution in [-0.4, -0.2) is 57.6 Å². The van der Waals surface area contributed by atoms with Gasteiger partial charge in [-0.25, -0.2) is 4.79 Å². The number of nitro groups is 1. The molecule has 15 heavy (non-hydrogen) atoms. The lowest BCUT2D eigenvalue weighted by Crippen LogP contribution is -2.70. The van der Waals surface area contributed by atoms with Crippen LogP contribution in [-0.2, 0) is 4.79 Å². The van der Waals surface area contributed by atoms with Gasteiger partial charge < -0.3 is 5.11 Å². The number of aliphatic hydroxyl groups is 1. The molecule has 1 saturated heterocycles. The van der Waals surface area contributed by atoms with E-state index in [0.29, 0.717) is 4.90 Å². The Bertz CT molecular complexity index is 344. The predicted octanol–water partition coefficient (Wildman–Crippen LogP) is -1.14. The summed E-state index contributed by atoms with van der Waals surface area (Å²) in [6.45, 7) is 0.986. The molecule has 8 nitrogen and oxygen atoms in total. The van der Waals surface area contributed by atoms with E-state index in [9.17, 15) is 24.8 Å². The van der Waals surface area contributed by atoms with Crippen LogP contribution in [0, 0.1) is 10.1 Å². The molecule has 0 aromatic carbocycles. The van der Waals surface area contributed by atoms with Gasteiger partial charge in [-0.05, 0) is 0 Å². The summed E-state index contributed by atoms with van der Waals surface area (Å²) in [6, 6.07) is -0.771. The molecule has 1 fully saturated rings. The highest BCUT2D eigenvalue weighted by molar-refractivity contribution is 6.01.